The summed E-state index contributed by atoms with van der Waals surface area (Å²) in [7, 11) is 0. The number of carbonyl (C=O) groups excluding carboxylic acids is 1. The molecule has 2 aliphatic carbocycles. The van der Waals surface area contributed by atoms with E-state index in [0.29, 0.717) is 18.3 Å². The predicted octanol–water partition coefficient (Wildman–Crippen LogP) is 3.71. The van der Waals surface area contributed by atoms with Crippen molar-refractivity contribution in [2.75, 3.05) is 0 Å². The van der Waals surface area contributed by atoms with Crippen LogP contribution < -0.4 is 5.32 Å². The minimum Gasteiger partial charge on any atom is -0.352 e. The highest BCUT2D eigenvalue weighted by atomic mass is 16.1. The van der Waals surface area contributed by atoms with Gasteiger partial charge in [-0.05, 0) is 42.4 Å². The Kier molecular flexibility index (Phi) is 4.33. The molecule has 3 nitrogen and oxygen atoms in total. The van der Waals surface area contributed by atoms with Gasteiger partial charge in [0.1, 0.15) is 0 Å². The van der Waals surface area contributed by atoms with E-state index >= 15 is 0 Å². The normalized spacial score (nSPS) is 28.5. The zero-order valence-electron chi connectivity index (χ0n) is 13.9. The molecule has 0 aliphatic heterocycles. The maximum atomic E-state index is 12.5. The van der Waals surface area contributed by atoms with E-state index in [1.54, 1.807) is 6.20 Å². The van der Waals surface area contributed by atoms with E-state index in [1.165, 1.54) is 31.2 Å². The number of nitrogens with zero attached hydrogens (tertiary/aromatic N) is 1. The molecule has 4 rings (SSSR count). The molecule has 1 aromatic heterocycles. The Hall–Kier alpha value is -2.16. The molecule has 0 bridgehead atoms. The van der Waals surface area contributed by atoms with E-state index in [2.05, 4.69) is 40.6 Å². The van der Waals surface area contributed by atoms with Crippen LogP contribution in [0.1, 0.15) is 42.9 Å². The largest absolute Gasteiger partial charge is 0.352 e. The number of nitrogens with one attached hydrogen (secondary N) is 1. The summed E-state index contributed by atoms with van der Waals surface area (Å²) in [6.45, 7) is 0. The number of amides is 1. The Morgan fingerprint density at radius 2 is 1.75 bits per heavy atom. The Balaban J connectivity index is 1.48. The fraction of sp³-hybridized carbons (Fsp3) is 0.429. The number of benzene rings is 1. The first-order chi connectivity index (χ1) is 11.8. The maximum absolute atomic E-state index is 12.5. The number of fused-ring (bicyclic) bond motifs is 1. The predicted molar refractivity (Wildman–Crippen MR) is 94.5 cm³/mol. The first-order valence-corrected chi connectivity index (χ1v) is 9.07. The van der Waals surface area contributed by atoms with Gasteiger partial charge in [-0.15, -0.1) is 0 Å². The van der Waals surface area contributed by atoms with E-state index in [1.807, 2.05) is 18.2 Å². The third kappa shape index (κ3) is 2.95. The third-order valence-corrected chi connectivity index (χ3v) is 5.76. The molecule has 1 aromatic carbocycles. The minimum absolute atomic E-state index is 0.101. The van der Waals surface area contributed by atoms with Gasteiger partial charge in [0, 0.05) is 23.9 Å². The molecular formula is C21H24N2O. The fourth-order valence-electron chi connectivity index (χ4n) is 4.70. The molecule has 124 valence electrons. The summed E-state index contributed by atoms with van der Waals surface area (Å²) < 4.78 is 0. The van der Waals surface area contributed by atoms with Crippen LogP contribution in [0.2, 0.25) is 0 Å². The topological polar surface area (TPSA) is 42.0 Å². The number of rotatable bonds is 4. The lowest BCUT2D eigenvalue weighted by molar-refractivity contribution is -0.124. The Morgan fingerprint density at radius 3 is 2.50 bits per heavy atom. The summed E-state index contributed by atoms with van der Waals surface area (Å²) in [5.41, 5.74) is 2.22. The maximum Gasteiger partial charge on any atom is 0.226 e. The van der Waals surface area contributed by atoms with Gasteiger partial charge < -0.3 is 5.32 Å². The quantitative estimate of drug-likeness (QED) is 0.933. The van der Waals surface area contributed by atoms with Gasteiger partial charge in [-0.25, -0.2) is 0 Å². The van der Waals surface area contributed by atoms with Crippen molar-refractivity contribution in [3.05, 3.63) is 66.0 Å². The molecule has 2 aromatic rings. The molecule has 1 amide bonds. The number of hydrogen-bond donors (Lipinski definition) is 1. The van der Waals surface area contributed by atoms with Gasteiger partial charge in [0.2, 0.25) is 5.91 Å². The Bertz CT molecular complexity index is 685. The second-order valence-electron chi connectivity index (χ2n) is 7.14. The van der Waals surface area contributed by atoms with Crippen LogP contribution in [0.25, 0.3) is 0 Å². The average Bonchev–Trinajstić information content (AvgIpc) is 2.62. The molecule has 2 saturated carbocycles. The highest BCUT2D eigenvalue weighted by Gasteiger charge is 2.51. The first-order valence-electron chi connectivity index (χ1n) is 9.07. The zero-order chi connectivity index (χ0) is 16.4. The molecule has 4 atom stereocenters. The summed E-state index contributed by atoms with van der Waals surface area (Å²) in [5.74, 6) is 1.96. The van der Waals surface area contributed by atoms with E-state index in [9.17, 15) is 4.79 Å². The Labute approximate surface area is 143 Å². The molecule has 0 saturated heterocycles. The van der Waals surface area contributed by atoms with E-state index in [-0.39, 0.29) is 11.9 Å². The van der Waals surface area contributed by atoms with Crippen LogP contribution in [0, 0.1) is 11.8 Å². The highest BCUT2D eigenvalue weighted by Crippen LogP contribution is 2.54. The van der Waals surface area contributed by atoms with E-state index in [4.69, 9.17) is 0 Å². The highest BCUT2D eigenvalue weighted by molar-refractivity contribution is 5.78. The molecule has 1 heterocycles. The van der Waals surface area contributed by atoms with E-state index < -0.39 is 0 Å². The summed E-state index contributed by atoms with van der Waals surface area (Å²) in [4.78, 5) is 16.8. The van der Waals surface area contributed by atoms with Crippen LogP contribution in [0.3, 0.4) is 0 Å². The average molecular weight is 320 g/mol. The Morgan fingerprint density at radius 1 is 1.00 bits per heavy atom. The number of aromatic nitrogens is 1. The molecule has 1 N–H and O–H groups in total. The molecule has 0 unspecified atom stereocenters. The van der Waals surface area contributed by atoms with Crippen molar-refractivity contribution in [2.45, 2.75) is 44.1 Å². The van der Waals surface area contributed by atoms with Crippen molar-refractivity contribution in [2.24, 2.45) is 11.8 Å². The summed E-state index contributed by atoms with van der Waals surface area (Å²) in [6.07, 6.45) is 7.31. The third-order valence-electron chi connectivity index (χ3n) is 5.76. The summed E-state index contributed by atoms with van der Waals surface area (Å²) in [6, 6.07) is 16.7. The van der Waals surface area contributed by atoms with Crippen molar-refractivity contribution in [3.8, 4) is 0 Å². The minimum atomic E-state index is 0.101. The van der Waals surface area contributed by atoms with Crippen molar-refractivity contribution in [1.29, 1.82) is 0 Å². The van der Waals surface area contributed by atoms with Crippen LogP contribution in [0.15, 0.2) is 54.7 Å². The lowest BCUT2D eigenvalue weighted by atomic mass is 9.53. The van der Waals surface area contributed by atoms with Crippen LogP contribution in [0.5, 0.6) is 0 Å². The first kappa shape index (κ1) is 15.4. The van der Waals surface area contributed by atoms with Gasteiger partial charge in [0.15, 0.2) is 0 Å². The zero-order valence-corrected chi connectivity index (χ0v) is 13.9. The SMILES string of the molecule is O=C(Cc1ccccn1)N[C@H]1[C@H]2CCCC[C@@H]2[C@@H]1c1ccccc1. The smallest absolute Gasteiger partial charge is 0.226 e. The lowest BCUT2D eigenvalue weighted by Crippen LogP contribution is -2.59. The summed E-state index contributed by atoms with van der Waals surface area (Å²) in [5, 5.41) is 3.33. The second-order valence-corrected chi connectivity index (χ2v) is 7.14. The van der Waals surface area contributed by atoms with Crippen LogP contribution in [0.4, 0.5) is 0 Å². The van der Waals surface area contributed by atoms with Gasteiger partial charge >= 0.3 is 0 Å². The monoisotopic (exact) mass is 320 g/mol. The molecular weight excluding hydrogens is 296 g/mol. The standard InChI is InChI=1S/C21H24N2O/c24-19(14-16-10-6-7-13-22-16)23-21-18-12-5-4-11-17(18)20(21)15-8-2-1-3-9-15/h1-3,6-10,13,17-18,20-21H,4-5,11-12,14H2,(H,23,24)/t17-,18-,20-,21-/m0/s1. The lowest BCUT2D eigenvalue weighted by Gasteiger charge is -2.55. The van der Waals surface area contributed by atoms with Gasteiger partial charge in [-0.3, -0.25) is 9.78 Å². The molecule has 2 fully saturated rings. The van der Waals surface area contributed by atoms with Crippen LogP contribution >= 0.6 is 0 Å². The molecule has 3 heteroatoms. The second kappa shape index (κ2) is 6.76. The van der Waals surface area contributed by atoms with E-state index in [0.717, 1.165) is 11.6 Å². The fourth-order valence-corrected chi connectivity index (χ4v) is 4.70. The van der Waals surface area contributed by atoms with Crippen molar-refractivity contribution < 1.29 is 4.79 Å². The number of carbonyl (C=O) groups is 1. The van der Waals surface area contributed by atoms with Gasteiger partial charge in [0.05, 0.1) is 6.42 Å². The number of pyridine rings is 1. The van der Waals surface area contributed by atoms with Gasteiger partial charge in [-0.1, -0.05) is 49.2 Å². The van der Waals surface area contributed by atoms with Crippen molar-refractivity contribution in [3.63, 3.8) is 0 Å². The van der Waals surface area contributed by atoms with Gasteiger partial charge in [-0.2, -0.15) is 0 Å². The van der Waals surface area contributed by atoms with Gasteiger partial charge in [0.25, 0.3) is 0 Å². The number of hydrogen-bond acceptors (Lipinski definition) is 2. The van der Waals surface area contributed by atoms with Crippen LogP contribution in [-0.2, 0) is 11.2 Å². The van der Waals surface area contributed by atoms with Crippen molar-refractivity contribution >= 4 is 5.91 Å². The molecule has 0 radical (unpaired) electrons. The van der Waals surface area contributed by atoms with Crippen LogP contribution in [-0.4, -0.2) is 16.9 Å². The molecule has 0 spiro atoms. The molecule has 24 heavy (non-hydrogen) atoms. The molecule has 2 aliphatic rings. The van der Waals surface area contributed by atoms with Crippen molar-refractivity contribution in [1.82, 2.24) is 10.3 Å². The summed E-state index contributed by atoms with van der Waals surface area (Å²) >= 11 is 0.